The molecule has 4 aromatic rings. The van der Waals surface area contributed by atoms with Crippen LogP contribution in [-0.2, 0) is 0 Å². The van der Waals surface area contributed by atoms with Crippen LogP contribution in [0.25, 0.3) is 16.9 Å². The van der Waals surface area contributed by atoms with Crippen LogP contribution in [0.5, 0.6) is 5.75 Å². The third-order valence-corrected chi connectivity index (χ3v) is 5.15. The van der Waals surface area contributed by atoms with Gasteiger partial charge in [0.1, 0.15) is 5.75 Å². The molecule has 0 aliphatic carbocycles. The molecule has 0 aliphatic heterocycles. The molecule has 0 radical (unpaired) electrons. The van der Waals surface area contributed by atoms with E-state index in [2.05, 4.69) is 11.2 Å². The average Bonchev–Trinajstić information content (AvgIpc) is 3.11. The summed E-state index contributed by atoms with van der Waals surface area (Å²) >= 11 is 0. The number of aliphatic imine (C=N–C) groups is 1. The molecule has 0 saturated carbocycles. The number of hydrogen-bond donors (Lipinski definition) is 1. The van der Waals surface area contributed by atoms with Gasteiger partial charge in [-0.2, -0.15) is 0 Å². The quantitative estimate of drug-likeness (QED) is 0.435. The maximum atomic E-state index is 13.5. The van der Waals surface area contributed by atoms with Crippen LogP contribution in [0, 0.1) is 13.8 Å². The second kappa shape index (κ2) is 8.48. The van der Waals surface area contributed by atoms with E-state index in [4.69, 9.17) is 9.73 Å². The minimum absolute atomic E-state index is 0.144. The van der Waals surface area contributed by atoms with Crippen molar-refractivity contribution in [2.24, 2.45) is 4.99 Å². The Balaban J connectivity index is 1.90. The summed E-state index contributed by atoms with van der Waals surface area (Å²) in [5.74, 6) is 0.736. The molecule has 0 spiro atoms. The molecule has 0 atom stereocenters. The zero-order valence-corrected chi connectivity index (χ0v) is 18.1. The molecule has 3 aromatic carbocycles. The van der Waals surface area contributed by atoms with E-state index in [0.717, 1.165) is 39.5 Å². The van der Waals surface area contributed by atoms with E-state index in [1.807, 2.05) is 87.5 Å². The Kier molecular flexibility index (Phi) is 5.58. The minimum atomic E-state index is -0.144. The predicted molar refractivity (Wildman–Crippen MR) is 126 cm³/mol. The molecule has 31 heavy (non-hydrogen) atoms. The summed E-state index contributed by atoms with van der Waals surface area (Å²) in [6.07, 6.45) is 0. The molecule has 0 unspecified atom stereocenters. The van der Waals surface area contributed by atoms with Crippen molar-refractivity contribution in [2.45, 2.75) is 20.8 Å². The first kappa shape index (κ1) is 20.4. The maximum Gasteiger partial charge on any atom is 0.280 e. The van der Waals surface area contributed by atoms with Crippen LogP contribution in [0.15, 0.2) is 82.6 Å². The highest BCUT2D eigenvalue weighted by Gasteiger charge is 2.19. The van der Waals surface area contributed by atoms with Gasteiger partial charge in [-0.15, -0.1) is 0 Å². The highest BCUT2D eigenvalue weighted by molar-refractivity contribution is 6.04. The molecule has 0 fully saturated rings. The molecule has 1 N–H and O–H groups in total. The SMILES string of the molecule is COc1ccc(-n2[nH]c(-c3ccccc3)c(C(C)=Nc3cc(C)cc(C)c3)c2=O)cc1. The summed E-state index contributed by atoms with van der Waals surface area (Å²) in [5.41, 5.74) is 6.59. The molecule has 0 bridgehead atoms. The first-order valence-corrected chi connectivity index (χ1v) is 10.1. The van der Waals surface area contributed by atoms with Crippen molar-refractivity contribution in [1.29, 1.82) is 0 Å². The monoisotopic (exact) mass is 411 g/mol. The van der Waals surface area contributed by atoms with Crippen LogP contribution in [-0.4, -0.2) is 22.6 Å². The number of ether oxygens (including phenoxy) is 1. The maximum absolute atomic E-state index is 13.5. The number of aromatic amines is 1. The largest absolute Gasteiger partial charge is 0.497 e. The van der Waals surface area contributed by atoms with Gasteiger partial charge in [-0.1, -0.05) is 36.4 Å². The van der Waals surface area contributed by atoms with Crippen molar-refractivity contribution >= 4 is 11.4 Å². The lowest BCUT2D eigenvalue weighted by Gasteiger charge is -2.04. The van der Waals surface area contributed by atoms with Crippen molar-refractivity contribution in [1.82, 2.24) is 9.78 Å². The van der Waals surface area contributed by atoms with Crippen LogP contribution in [0.1, 0.15) is 23.6 Å². The number of aromatic nitrogens is 2. The molecular formula is C26H25N3O2. The molecule has 0 amide bonds. The Morgan fingerprint density at radius 1 is 0.935 bits per heavy atom. The zero-order chi connectivity index (χ0) is 22.0. The molecular weight excluding hydrogens is 386 g/mol. The lowest BCUT2D eigenvalue weighted by atomic mass is 10.0. The van der Waals surface area contributed by atoms with E-state index in [1.165, 1.54) is 0 Å². The number of nitrogens with one attached hydrogen (secondary N) is 1. The zero-order valence-electron chi connectivity index (χ0n) is 18.1. The highest BCUT2D eigenvalue weighted by atomic mass is 16.5. The Morgan fingerprint density at radius 3 is 2.19 bits per heavy atom. The number of nitrogens with zero attached hydrogens (tertiary/aromatic N) is 2. The van der Waals surface area contributed by atoms with Crippen molar-refractivity contribution in [3.63, 3.8) is 0 Å². The van der Waals surface area contributed by atoms with E-state index in [9.17, 15) is 4.79 Å². The van der Waals surface area contributed by atoms with Crippen LogP contribution in [0.2, 0.25) is 0 Å². The van der Waals surface area contributed by atoms with Crippen LogP contribution in [0.3, 0.4) is 0 Å². The van der Waals surface area contributed by atoms with E-state index >= 15 is 0 Å². The molecule has 1 aromatic heterocycles. The van der Waals surface area contributed by atoms with E-state index < -0.39 is 0 Å². The van der Waals surface area contributed by atoms with Crippen molar-refractivity contribution < 1.29 is 4.74 Å². The third-order valence-electron chi connectivity index (χ3n) is 5.15. The Morgan fingerprint density at radius 2 is 1.58 bits per heavy atom. The van der Waals surface area contributed by atoms with Gasteiger partial charge in [-0.3, -0.25) is 14.9 Å². The fourth-order valence-corrected chi connectivity index (χ4v) is 3.76. The first-order valence-electron chi connectivity index (χ1n) is 10.1. The Bertz CT molecular complexity index is 1280. The molecule has 1 heterocycles. The Labute approximate surface area is 181 Å². The van der Waals surface area contributed by atoms with Gasteiger partial charge >= 0.3 is 0 Å². The highest BCUT2D eigenvalue weighted by Crippen LogP contribution is 2.24. The molecule has 4 rings (SSSR count). The fourth-order valence-electron chi connectivity index (χ4n) is 3.76. The molecule has 156 valence electrons. The van der Waals surface area contributed by atoms with Crippen molar-refractivity contribution in [2.75, 3.05) is 7.11 Å². The smallest absolute Gasteiger partial charge is 0.280 e. The summed E-state index contributed by atoms with van der Waals surface area (Å²) in [4.78, 5) is 18.3. The van der Waals surface area contributed by atoms with Gasteiger partial charge in [-0.05, 0) is 68.3 Å². The summed E-state index contributed by atoms with van der Waals surface area (Å²) < 4.78 is 6.79. The van der Waals surface area contributed by atoms with Gasteiger partial charge in [0, 0.05) is 5.56 Å². The molecule has 5 nitrogen and oxygen atoms in total. The fraction of sp³-hybridized carbons (Fsp3) is 0.154. The van der Waals surface area contributed by atoms with E-state index in [1.54, 1.807) is 11.8 Å². The summed E-state index contributed by atoms with van der Waals surface area (Å²) in [7, 11) is 1.62. The lowest BCUT2D eigenvalue weighted by molar-refractivity contribution is 0.414. The lowest BCUT2D eigenvalue weighted by Crippen LogP contribution is -2.19. The standard InChI is InChI=1S/C26H25N3O2/c1-17-14-18(2)16-21(15-17)27-19(3)24-25(20-8-6-5-7-9-20)28-29(26(24)30)22-10-12-23(31-4)13-11-22/h5-16,28H,1-4H3. The topological polar surface area (TPSA) is 59.4 Å². The van der Waals surface area contributed by atoms with E-state index in [-0.39, 0.29) is 5.56 Å². The second-order valence-corrected chi connectivity index (χ2v) is 7.61. The van der Waals surface area contributed by atoms with Crippen molar-refractivity contribution in [3.8, 4) is 22.7 Å². The summed E-state index contributed by atoms with van der Waals surface area (Å²) in [6.45, 7) is 5.97. The van der Waals surface area contributed by atoms with Gasteiger partial charge in [0.05, 0.1) is 35.5 Å². The third kappa shape index (κ3) is 4.21. The minimum Gasteiger partial charge on any atom is -0.497 e. The van der Waals surface area contributed by atoms with Gasteiger partial charge in [0.2, 0.25) is 0 Å². The Hall–Kier alpha value is -3.86. The van der Waals surface area contributed by atoms with Crippen LogP contribution >= 0.6 is 0 Å². The predicted octanol–water partition coefficient (Wildman–Crippen LogP) is 5.60. The number of H-pyrrole nitrogens is 1. The normalized spacial score (nSPS) is 11.5. The number of methoxy groups -OCH3 is 1. The molecule has 0 aliphatic rings. The van der Waals surface area contributed by atoms with Gasteiger partial charge in [-0.25, -0.2) is 4.68 Å². The molecule has 5 heteroatoms. The van der Waals surface area contributed by atoms with Gasteiger partial charge < -0.3 is 4.74 Å². The number of aryl methyl sites for hydroxylation is 2. The first-order chi connectivity index (χ1) is 15.0. The van der Waals surface area contributed by atoms with E-state index in [0.29, 0.717) is 11.3 Å². The second-order valence-electron chi connectivity index (χ2n) is 7.61. The van der Waals surface area contributed by atoms with Crippen LogP contribution < -0.4 is 10.3 Å². The van der Waals surface area contributed by atoms with Gasteiger partial charge in [0.25, 0.3) is 5.56 Å². The number of rotatable bonds is 5. The number of benzene rings is 3. The van der Waals surface area contributed by atoms with Crippen molar-refractivity contribution in [3.05, 3.63) is 99.8 Å². The molecule has 0 saturated heterocycles. The average molecular weight is 412 g/mol. The summed E-state index contributed by atoms with van der Waals surface area (Å²) in [5, 5.41) is 3.29. The van der Waals surface area contributed by atoms with Crippen LogP contribution in [0.4, 0.5) is 5.69 Å². The number of hydrogen-bond acceptors (Lipinski definition) is 3. The van der Waals surface area contributed by atoms with Gasteiger partial charge in [0.15, 0.2) is 0 Å². The summed E-state index contributed by atoms with van der Waals surface area (Å²) in [6, 6.07) is 23.4.